The lowest BCUT2D eigenvalue weighted by Crippen LogP contribution is -2.58. The molecule has 9 heteroatoms. The van der Waals surface area contributed by atoms with Gasteiger partial charge in [-0.15, -0.1) is 0 Å². The molecule has 0 radical (unpaired) electrons. The summed E-state index contributed by atoms with van der Waals surface area (Å²) in [7, 11) is 4.34. The summed E-state index contributed by atoms with van der Waals surface area (Å²) >= 11 is 1.61. The van der Waals surface area contributed by atoms with Crippen LogP contribution in [0.15, 0.2) is 66.8 Å². The first-order valence-corrected chi connectivity index (χ1v) is 14.8. The molecule has 4 heterocycles. The maximum absolute atomic E-state index is 10.4. The van der Waals surface area contributed by atoms with E-state index in [2.05, 4.69) is 63.8 Å². The minimum absolute atomic E-state index is 0.0733. The Bertz CT molecular complexity index is 1330. The Morgan fingerprint density at radius 2 is 1.90 bits per heavy atom. The molecule has 206 valence electrons. The molecule has 1 saturated heterocycles. The molecule has 0 amide bonds. The van der Waals surface area contributed by atoms with Crippen molar-refractivity contribution in [2.75, 3.05) is 32.5 Å². The smallest absolute Gasteiger partial charge is 0.184 e. The van der Waals surface area contributed by atoms with Crippen LogP contribution in [0, 0.1) is 0 Å². The van der Waals surface area contributed by atoms with Crippen LogP contribution in [0.25, 0.3) is 10.2 Å². The molecule has 1 aliphatic carbocycles. The lowest BCUT2D eigenvalue weighted by molar-refractivity contribution is 0.0511. The molecular weight excluding hydrogens is 508 g/mol. The largest absolute Gasteiger partial charge is 0.457 e. The molecule has 0 spiro atoms. The first-order chi connectivity index (χ1) is 19.0. The van der Waals surface area contributed by atoms with E-state index >= 15 is 0 Å². The van der Waals surface area contributed by atoms with Crippen molar-refractivity contribution in [3.8, 4) is 5.75 Å². The third-order valence-electron chi connectivity index (χ3n) is 8.35. The van der Waals surface area contributed by atoms with Crippen LogP contribution in [0.4, 0.5) is 5.13 Å². The monoisotopic (exact) mass is 546 g/mol. The Labute approximate surface area is 234 Å². The Morgan fingerprint density at radius 3 is 2.67 bits per heavy atom. The lowest BCUT2D eigenvalue weighted by atomic mass is 9.91. The SMILES string of the molecule is CN(C)C1CCN(C2(c3ccncc3)C=C(Oc3ccc4nc(N[C@@H]5CCCC[C@H]5O)sc4c3)C=CN2)CC1. The number of rotatable bonds is 7. The van der Waals surface area contributed by atoms with Gasteiger partial charge in [0.05, 0.1) is 22.4 Å². The first kappa shape index (κ1) is 26.3. The molecule has 0 bridgehead atoms. The highest BCUT2D eigenvalue weighted by Gasteiger charge is 2.40. The van der Waals surface area contributed by atoms with Crippen LogP contribution in [0.3, 0.4) is 0 Å². The fraction of sp³-hybridized carbons (Fsp3) is 0.467. The molecule has 39 heavy (non-hydrogen) atoms. The summed E-state index contributed by atoms with van der Waals surface area (Å²) in [6.07, 6.45) is 15.9. The van der Waals surface area contributed by atoms with Crippen molar-refractivity contribution < 1.29 is 9.84 Å². The van der Waals surface area contributed by atoms with E-state index in [0.29, 0.717) is 6.04 Å². The number of hydrogen-bond donors (Lipinski definition) is 3. The molecular formula is C30H38N6O2S. The number of hydrogen-bond acceptors (Lipinski definition) is 9. The number of aromatic nitrogens is 2. The van der Waals surface area contributed by atoms with Gasteiger partial charge in [0.2, 0.25) is 0 Å². The number of nitrogens with zero attached hydrogens (tertiary/aromatic N) is 4. The summed E-state index contributed by atoms with van der Waals surface area (Å²) in [4.78, 5) is 13.9. The molecule has 3 aliphatic rings. The highest BCUT2D eigenvalue weighted by atomic mass is 32.1. The van der Waals surface area contributed by atoms with E-state index in [1.165, 1.54) is 0 Å². The number of fused-ring (bicyclic) bond motifs is 1. The fourth-order valence-electron chi connectivity index (χ4n) is 6.09. The van der Waals surface area contributed by atoms with Crippen molar-refractivity contribution in [1.82, 2.24) is 25.1 Å². The molecule has 3 atom stereocenters. The number of ether oxygens (including phenoxy) is 1. The average Bonchev–Trinajstić information content (AvgIpc) is 3.36. The third-order valence-corrected chi connectivity index (χ3v) is 9.30. The molecule has 1 aromatic carbocycles. The van der Waals surface area contributed by atoms with Gasteiger partial charge in [0, 0.05) is 49.9 Å². The van der Waals surface area contributed by atoms with Crippen LogP contribution in [-0.4, -0.2) is 70.2 Å². The van der Waals surface area contributed by atoms with Gasteiger partial charge in [0.1, 0.15) is 17.2 Å². The maximum atomic E-state index is 10.4. The van der Waals surface area contributed by atoms with Gasteiger partial charge in [-0.25, -0.2) is 4.98 Å². The summed E-state index contributed by atoms with van der Waals surface area (Å²) < 4.78 is 7.53. The van der Waals surface area contributed by atoms with E-state index in [-0.39, 0.29) is 12.1 Å². The summed E-state index contributed by atoms with van der Waals surface area (Å²) in [6, 6.07) is 10.9. The van der Waals surface area contributed by atoms with Crippen LogP contribution in [0.1, 0.15) is 44.1 Å². The third kappa shape index (κ3) is 5.54. The van der Waals surface area contributed by atoms with Crippen LogP contribution in [0.2, 0.25) is 0 Å². The Balaban J connectivity index is 1.24. The normalized spacial score (nSPS) is 26.4. The molecule has 3 N–H and O–H groups in total. The fourth-order valence-corrected chi connectivity index (χ4v) is 7.04. The molecule has 3 aromatic rings. The predicted octanol–water partition coefficient (Wildman–Crippen LogP) is 4.67. The Hall–Kier alpha value is -2.98. The zero-order valence-corrected chi connectivity index (χ0v) is 23.5. The van der Waals surface area contributed by atoms with Gasteiger partial charge in [-0.1, -0.05) is 24.2 Å². The van der Waals surface area contributed by atoms with E-state index < -0.39 is 5.66 Å². The zero-order valence-electron chi connectivity index (χ0n) is 22.7. The van der Waals surface area contributed by atoms with Gasteiger partial charge in [-0.2, -0.15) is 0 Å². The number of aliphatic hydroxyl groups is 1. The molecule has 6 rings (SSSR count). The Kier molecular flexibility index (Phi) is 7.57. The van der Waals surface area contributed by atoms with Crippen molar-refractivity contribution in [3.05, 3.63) is 72.4 Å². The second kappa shape index (κ2) is 11.3. The zero-order chi connectivity index (χ0) is 26.8. The predicted molar refractivity (Wildman–Crippen MR) is 157 cm³/mol. The molecule has 2 aliphatic heterocycles. The summed E-state index contributed by atoms with van der Waals surface area (Å²) in [5.74, 6) is 1.58. The second-order valence-electron chi connectivity index (χ2n) is 11.1. The topological polar surface area (TPSA) is 85.8 Å². The van der Waals surface area contributed by atoms with Crippen molar-refractivity contribution in [2.24, 2.45) is 0 Å². The standard InChI is InChI=1S/C30H38N6O2S/c1-35(2)22-12-17-36(18-13-22)30(21-9-14-31-15-10-21)20-24(11-16-32-30)38-23-7-8-26-28(19-23)39-29(34-26)33-25-5-3-4-6-27(25)37/h7-11,14-16,19-20,22,25,27,32,37H,3-6,12-13,17-18H2,1-2H3,(H,33,34)/t25-,27-,30?/m1/s1. The second-order valence-corrected chi connectivity index (χ2v) is 12.1. The van der Waals surface area contributed by atoms with E-state index in [9.17, 15) is 5.11 Å². The molecule has 2 aromatic heterocycles. The maximum Gasteiger partial charge on any atom is 0.184 e. The van der Waals surface area contributed by atoms with E-state index in [1.54, 1.807) is 11.3 Å². The van der Waals surface area contributed by atoms with Gasteiger partial charge < -0.3 is 25.4 Å². The molecule has 2 fully saturated rings. The van der Waals surface area contributed by atoms with E-state index in [1.807, 2.05) is 36.8 Å². The number of allylic oxidation sites excluding steroid dienone is 1. The quantitative estimate of drug-likeness (QED) is 0.395. The number of piperidine rings is 1. The van der Waals surface area contributed by atoms with Crippen LogP contribution in [-0.2, 0) is 5.66 Å². The highest BCUT2D eigenvalue weighted by molar-refractivity contribution is 7.22. The first-order valence-electron chi connectivity index (χ1n) is 14.0. The number of nitrogens with one attached hydrogen (secondary N) is 2. The van der Waals surface area contributed by atoms with Crippen molar-refractivity contribution in [1.29, 1.82) is 0 Å². The van der Waals surface area contributed by atoms with Crippen LogP contribution >= 0.6 is 11.3 Å². The van der Waals surface area contributed by atoms with Gasteiger partial charge in [0.15, 0.2) is 5.13 Å². The van der Waals surface area contributed by atoms with Gasteiger partial charge in [0.25, 0.3) is 0 Å². The molecule has 8 nitrogen and oxygen atoms in total. The number of aliphatic hydroxyl groups excluding tert-OH is 1. The van der Waals surface area contributed by atoms with E-state index in [4.69, 9.17) is 9.72 Å². The number of benzene rings is 1. The summed E-state index contributed by atoms with van der Waals surface area (Å²) in [5, 5.41) is 18.3. The number of pyridine rings is 1. The average molecular weight is 547 g/mol. The summed E-state index contributed by atoms with van der Waals surface area (Å²) in [5.41, 5.74) is 1.58. The van der Waals surface area contributed by atoms with Crippen molar-refractivity contribution in [2.45, 2.75) is 62.4 Å². The van der Waals surface area contributed by atoms with Gasteiger partial charge >= 0.3 is 0 Å². The Morgan fingerprint density at radius 1 is 1.10 bits per heavy atom. The molecule has 1 saturated carbocycles. The van der Waals surface area contributed by atoms with Crippen LogP contribution in [0.5, 0.6) is 5.75 Å². The number of likely N-dealkylation sites (tertiary alicyclic amines) is 1. The minimum atomic E-state index is -0.503. The summed E-state index contributed by atoms with van der Waals surface area (Å²) in [6.45, 7) is 1.96. The number of dihydropyridines is 1. The minimum Gasteiger partial charge on any atom is -0.457 e. The van der Waals surface area contributed by atoms with Crippen molar-refractivity contribution >= 4 is 26.7 Å². The van der Waals surface area contributed by atoms with E-state index in [0.717, 1.165) is 84.0 Å². The van der Waals surface area contributed by atoms with Gasteiger partial charge in [-0.3, -0.25) is 9.88 Å². The van der Waals surface area contributed by atoms with Gasteiger partial charge in [-0.05, 0) is 75.7 Å². The molecule has 1 unspecified atom stereocenters. The highest BCUT2D eigenvalue weighted by Crippen LogP contribution is 2.36. The van der Waals surface area contributed by atoms with Crippen molar-refractivity contribution in [3.63, 3.8) is 0 Å². The lowest BCUT2D eigenvalue weighted by Gasteiger charge is -2.47. The van der Waals surface area contributed by atoms with Crippen LogP contribution < -0.4 is 15.4 Å². The number of thiazole rings is 1. The number of anilines is 1.